The van der Waals surface area contributed by atoms with Crippen molar-refractivity contribution in [3.63, 3.8) is 0 Å². The molecule has 0 aliphatic rings. The molecule has 0 heterocycles. The van der Waals surface area contributed by atoms with Crippen LogP contribution < -0.4 is 10.1 Å². The molecule has 0 saturated heterocycles. The Morgan fingerprint density at radius 1 is 1.05 bits per heavy atom. The van der Waals surface area contributed by atoms with Gasteiger partial charge in [-0.05, 0) is 42.9 Å². The Bertz CT molecular complexity index is 558. The summed E-state index contributed by atoms with van der Waals surface area (Å²) < 4.78 is 31.8. The maximum absolute atomic E-state index is 13.2. The molecule has 19 heavy (non-hydrogen) atoms. The van der Waals surface area contributed by atoms with Gasteiger partial charge in [0.15, 0.2) is 0 Å². The number of hydrogen-bond donors (Lipinski definition) is 1. The third-order valence-electron chi connectivity index (χ3n) is 2.67. The van der Waals surface area contributed by atoms with Crippen LogP contribution in [0.5, 0.6) is 5.75 Å². The van der Waals surface area contributed by atoms with Gasteiger partial charge in [0, 0.05) is 12.1 Å². The van der Waals surface area contributed by atoms with E-state index in [4.69, 9.17) is 4.74 Å². The van der Waals surface area contributed by atoms with Crippen LogP contribution in [0, 0.1) is 11.6 Å². The van der Waals surface area contributed by atoms with Crippen molar-refractivity contribution < 1.29 is 13.5 Å². The third-order valence-corrected chi connectivity index (χ3v) is 2.67. The first-order valence-corrected chi connectivity index (χ1v) is 5.99. The van der Waals surface area contributed by atoms with Gasteiger partial charge in [0.2, 0.25) is 0 Å². The van der Waals surface area contributed by atoms with Gasteiger partial charge >= 0.3 is 0 Å². The zero-order valence-electron chi connectivity index (χ0n) is 10.6. The van der Waals surface area contributed by atoms with E-state index in [9.17, 15) is 8.78 Å². The van der Waals surface area contributed by atoms with E-state index >= 15 is 0 Å². The van der Waals surface area contributed by atoms with Crippen molar-refractivity contribution in [3.05, 3.63) is 65.2 Å². The van der Waals surface area contributed by atoms with Crippen LogP contribution in [0.3, 0.4) is 0 Å². The molecule has 0 fully saturated rings. The largest absolute Gasteiger partial charge is 0.489 e. The summed E-state index contributed by atoms with van der Waals surface area (Å²) in [6, 6.07) is 10.6. The minimum absolute atomic E-state index is 0.250. The highest BCUT2D eigenvalue weighted by molar-refractivity contribution is 5.34. The van der Waals surface area contributed by atoms with Crippen LogP contribution in [-0.2, 0) is 13.2 Å². The molecule has 2 nitrogen and oxygen atoms in total. The number of ether oxygens (including phenoxy) is 1. The lowest BCUT2D eigenvalue weighted by Gasteiger charge is -2.11. The van der Waals surface area contributed by atoms with Crippen LogP contribution in [-0.4, -0.2) is 7.05 Å². The summed E-state index contributed by atoms with van der Waals surface area (Å²) in [5, 5.41) is 2.95. The van der Waals surface area contributed by atoms with Crippen molar-refractivity contribution >= 4 is 0 Å². The van der Waals surface area contributed by atoms with Gasteiger partial charge in [-0.25, -0.2) is 8.78 Å². The van der Waals surface area contributed by atoms with Crippen molar-refractivity contribution in [2.24, 2.45) is 0 Å². The Morgan fingerprint density at radius 2 is 1.84 bits per heavy atom. The quantitative estimate of drug-likeness (QED) is 0.894. The fourth-order valence-corrected chi connectivity index (χ4v) is 1.81. The van der Waals surface area contributed by atoms with Crippen molar-refractivity contribution in [1.82, 2.24) is 5.32 Å². The summed E-state index contributed by atoms with van der Waals surface area (Å²) in [5.74, 6) is -0.000906. The number of halogens is 2. The van der Waals surface area contributed by atoms with E-state index in [2.05, 4.69) is 5.32 Å². The van der Waals surface area contributed by atoms with E-state index < -0.39 is 0 Å². The standard InChI is InChI=1S/C15H15F2NO/c1-18-9-12-8-14(17)5-6-15(12)19-10-11-3-2-4-13(16)7-11/h2-8,18H,9-10H2,1H3. The normalized spacial score (nSPS) is 10.5. The van der Waals surface area contributed by atoms with Crippen LogP contribution in [0.25, 0.3) is 0 Å². The van der Waals surface area contributed by atoms with Gasteiger partial charge < -0.3 is 10.1 Å². The first kappa shape index (κ1) is 13.5. The topological polar surface area (TPSA) is 21.3 Å². The SMILES string of the molecule is CNCc1cc(F)ccc1OCc1cccc(F)c1. The molecule has 0 radical (unpaired) electrons. The van der Waals surface area contributed by atoms with Gasteiger partial charge in [0.25, 0.3) is 0 Å². The van der Waals surface area contributed by atoms with Gasteiger partial charge in [0.1, 0.15) is 24.0 Å². The number of benzene rings is 2. The maximum atomic E-state index is 13.2. The summed E-state index contributed by atoms with van der Waals surface area (Å²) in [6.45, 7) is 0.760. The number of rotatable bonds is 5. The van der Waals surface area contributed by atoms with Crippen LogP contribution in [0.4, 0.5) is 8.78 Å². The Morgan fingerprint density at radius 3 is 2.58 bits per heavy atom. The molecule has 0 aliphatic carbocycles. The van der Waals surface area contributed by atoms with E-state index in [-0.39, 0.29) is 18.2 Å². The smallest absolute Gasteiger partial charge is 0.124 e. The fourth-order valence-electron chi connectivity index (χ4n) is 1.81. The molecule has 1 N–H and O–H groups in total. The predicted octanol–water partition coefficient (Wildman–Crippen LogP) is 3.26. The van der Waals surface area contributed by atoms with Crippen molar-refractivity contribution in [1.29, 1.82) is 0 Å². The van der Waals surface area contributed by atoms with Crippen LogP contribution in [0.1, 0.15) is 11.1 Å². The third kappa shape index (κ3) is 3.76. The number of nitrogens with one attached hydrogen (secondary N) is 1. The molecule has 100 valence electrons. The second kappa shape index (κ2) is 6.29. The first-order valence-electron chi connectivity index (χ1n) is 5.99. The molecule has 0 amide bonds. The highest BCUT2D eigenvalue weighted by Gasteiger charge is 2.05. The molecular weight excluding hydrogens is 248 g/mol. The van der Waals surface area contributed by atoms with E-state index in [0.29, 0.717) is 12.3 Å². The van der Waals surface area contributed by atoms with Crippen LogP contribution >= 0.6 is 0 Å². The van der Waals surface area contributed by atoms with E-state index in [1.54, 1.807) is 25.2 Å². The monoisotopic (exact) mass is 263 g/mol. The lowest BCUT2D eigenvalue weighted by atomic mass is 10.2. The molecule has 0 aromatic heterocycles. The van der Waals surface area contributed by atoms with Crippen LogP contribution in [0.15, 0.2) is 42.5 Å². The Balaban J connectivity index is 2.10. The van der Waals surface area contributed by atoms with Gasteiger partial charge in [0.05, 0.1) is 0 Å². The van der Waals surface area contributed by atoms with Gasteiger partial charge in [-0.15, -0.1) is 0 Å². The lowest BCUT2D eigenvalue weighted by Crippen LogP contribution is -2.08. The minimum Gasteiger partial charge on any atom is -0.489 e. The summed E-state index contributed by atoms with van der Waals surface area (Å²) in [7, 11) is 1.78. The molecule has 2 aromatic carbocycles. The zero-order chi connectivity index (χ0) is 13.7. The maximum Gasteiger partial charge on any atom is 0.124 e. The second-order valence-corrected chi connectivity index (χ2v) is 4.20. The average Bonchev–Trinajstić information content (AvgIpc) is 2.38. The average molecular weight is 263 g/mol. The summed E-state index contributed by atoms with van der Waals surface area (Å²) in [5.41, 5.74) is 1.47. The molecule has 4 heteroatoms. The minimum atomic E-state index is -0.302. The number of hydrogen-bond acceptors (Lipinski definition) is 2. The van der Waals surface area contributed by atoms with E-state index in [0.717, 1.165) is 11.1 Å². The van der Waals surface area contributed by atoms with Gasteiger partial charge in [-0.2, -0.15) is 0 Å². The van der Waals surface area contributed by atoms with E-state index in [1.165, 1.54) is 24.3 Å². The van der Waals surface area contributed by atoms with Gasteiger partial charge in [-0.1, -0.05) is 12.1 Å². The Hall–Kier alpha value is -1.94. The predicted molar refractivity (Wildman–Crippen MR) is 69.9 cm³/mol. The molecular formula is C15H15F2NO. The van der Waals surface area contributed by atoms with Crippen molar-refractivity contribution in [3.8, 4) is 5.75 Å². The second-order valence-electron chi connectivity index (χ2n) is 4.20. The first-order chi connectivity index (χ1) is 9.19. The van der Waals surface area contributed by atoms with Crippen molar-refractivity contribution in [2.45, 2.75) is 13.2 Å². The summed E-state index contributed by atoms with van der Waals surface area (Å²) in [4.78, 5) is 0. The molecule has 0 saturated carbocycles. The Labute approximate surface area is 111 Å². The van der Waals surface area contributed by atoms with E-state index in [1.807, 2.05) is 0 Å². The molecule has 0 unspecified atom stereocenters. The zero-order valence-corrected chi connectivity index (χ0v) is 10.6. The summed E-state index contributed by atoms with van der Waals surface area (Å²) >= 11 is 0. The highest BCUT2D eigenvalue weighted by Crippen LogP contribution is 2.21. The molecule has 0 atom stereocenters. The molecule has 0 bridgehead atoms. The highest BCUT2D eigenvalue weighted by atomic mass is 19.1. The van der Waals surface area contributed by atoms with Gasteiger partial charge in [-0.3, -0.25) is 0 Å². The molecule has 2 rings (SSSR count). The van der Waals surface area contributed by atoms with Crippen LogP contribution in [0.2, 0.25) is 0 Å². The molecule has 0 aliphatic heterocycles. The lowest BCUT2D eigenvalue weighted by molar-refractivity contribution is 0.301. The Kier molecular flexibility index (Phi) is 4.47. The molecule has 0 spiro atoms. The molecule has 2 aromatic rings. The summed E-state index contributed by atoms with van der Waals surface area (Å²) in [6.07, 6.45) is 0. The fraction of sp³-hybridized carbons (Fsp3) is 0.200. The van der Waals surface area contributed by atoms with Crippen molar-refractivity contribution in [2.75, 3.05) is 7.05 Å².